The number of rotatable bonds is 3. The largest absolute Gasteiger partial charge is 0.505 e. The first-order valence-electron chi connectivity index (χ1n) is 7.46. The molecule has 24 heavy (non-hydrogen) atoms. The second-order valence-electron chi connectivity index (χ2n) is 5.70. The fourth-order valence-electron chi connectivity index (χ4n) is 2.95. The van der Waals surface area contributed by atoms with E-state index in [0.717, 1.165) is 5.56 Å². The molecule has 2 aliphatic rings. The molecule has 0 spiro atoms. The van der Waals surface area contributed by atoms with E-state index in [1.807, 2.05) is 30.3 Å². The number of nitrogens with one attached hydrogen (secondary N) is 1. The van der Waals surface area contributed by atoms with E-state index in [0.29, 0.717) is 30.8 Å². The number of likely N-dealkylation sites (tertiary alicyclic amines) is 1. The third-order valence-corrected chi connectivity index (χ3v) is 4.10. The van der Waals surface area contributed by atoms with Gasteiger partial charge < -0.3 is 15.3 Å². The second-order valence-corrected chi connectivity index (χ2v) is 5.70. The fourth-order valence-corrected chi connectivity index (χ4v) is 2.95. The Bertz CT molecular complexity index is 766. The summed E-state index contributed by atoms with van der Waals surface area (Å²) in [5.74, 6) is -0.614. The second kappa shape index (κ2) is 7.18. The van der Waals surface area contributed by atoms with Gasteiger partial charge in [0.2, 0.25) is 0 Å². The van der Waals surface area contributed by atoms with Crippen LogP contribution >= 0.6 is 0 Å². The minimum absolute atomic E-state index is 0. The number of benzene rings is 1. The molecule has 0 unspecified atom stereocenters. The smallest absolute Gasteiger partial charge is 0.258 e. The Morgan fingerprint density at radius 3 is 2.62 bits per heavy atom. The molecule has 1 fully saturated rings. The van der Waals surface area contributed by atoms with Crippen molar-refractivity contribution in [2.45, 2.75) is 19.9 Å². The van der Waals surface area contributed by atoms with Crippen LogP contribution in [0.5, 0.6) is 0 Å². The molecule has 0 aliphatic carbocycles. The van der Waals surface area contributed by atoms with Crippen LogP contribution in [0.4, 0.5) is 0 Å². The zero-order valence-electron chi connectivity index (χ0n) is 13.3. The van der Waals surface area contributed by atoms with Crippen molar-refractivity contribution in [2.24, 2.45) is 0 Å². The van der Waals surface area contributed by atoms with Crippen molar-refractivity contribution in [3.63, 3.8) is 0 Å². The molecule has 0 bridgehead atoms. The molecule has 0 radical (unpaired) electrons. The first kappa shape index (κ1) is 18.2. The number of hydrogen-bond donors (Lipinski definition) is 2. The number of carbonyl (C=O) groups excluding carboxylic acids is 2. The standard InChI is InChI=1S/C18H18N2O3.W/c1-11-17(22)15-14(16(19-11)12(2)21)8-9-20(18(15)23)10-13-6-4-3-5-7-13;/h3-7,19,22H,1,8-10H2,2H3;. The molecule has 3 rings (SSSR count). The van der Waals surface area contributed by atoms with Crippen LogP contribution < -0.4 is 5.32 Å². The molecule has 1 saturated heterocycles. The summed E-state index contributed by atoms with van der Waals surface area (Å²) >= 11 is 0. The molecular weight excluding hydrogens is 476 g/mol. The van der Waals surface area contributed by atoms with Crippen molar-refractivity contribution in [1.29, 1.82) is 0 Å². The maximum Gasteiger partial charge on any atom is 0.258 e. The third kappa shape index (κ3) is 3.22. The quantitative estimate of drug-likeness (QED) is 0.677. The number of dihydropyridines is 1. The zero-order chi connectivity index (χ0) is 16.6. The molecule has 6 heteroatoms. The van der Waals surface area contributed by atoms with Gasteiger partial charge in [-0.1, -0.05) is 36.9 Å². The van der Waals surface area contributed by atoms with Gasteiger partial charge in [-0.2, -0.15) is 0 Å². The Morgan fingerprint density at radius 2 is 2.00 bits per heavy atom. The Balaban J connectivity index is 0.00000208. The van der Waals surface area contributed by atoms with E-state index in [9.17, 15) is 14.7 Å². The number of piperidine rings is 1. The van der Waals surface area contributed by atoms with Crippen LogP contribution in [0.2, 0.25) is 0 Å². The van der Waals surface area contributed by atoms with E-state index in [2.05, 4.69) is 11.9 Å². The summed E-state index contributed by atoms with van der Waals surface area (Å²) in [5, 5.41) is 13.1. The van der Waals surface area contributed by atoms with Gasteiger partial charge in [0.1, 0.15) is 0 Å². The molecule has 0 aromatic heterocycles. The average molecular weight is 494 g/mol. The number of fused-ring (bicyclic) bond motifs is 1. The maximum absolute atomic E-state index is 12.8. The number of carbonyl (C=O) groups is 2. The number of hydrogen-bond acceptors (Lipinski definition) is 4. The number of aliphatic hydroxyl groups excluding tert-OH is 1. The SMILES string of the molecule is C=C1NC(C(C)=O)=C2CCN(Cc3ccccc3)C(=O)C2=C1O.[W]. The zero-order valence-corrected chi connectivity index (χ0v) is 16.3. The van der Waals surface area contributed by atoms with Crippen LogP contribution in [0.3, 0.4) is 0 Å². The summed E-state index contributed by atoms with van der Waals surface area (Å²) in [6.07, 6.45) is 0.521. The van der Waals surface area contributed by atoms with Crippen LogP contribution in [0.25, 0.3) is 0 Å². The molecular formula is C18H18N2O3W. The molecule has 0 atom stereocenters. The fraction of sp³-hybridized carbons (Fsp3) is 0.222. The number of allylic oxidation sites excluding steroid dienone is 1. The molecule has 2 N–H and O–H groups in total. The monoisotopic (exact) mass is 494 g/mol. The third-order valence-electron chi connectivity index (χ3n) is 4.10. The van der Waals surface area contributed by atoms with Gasteiger partial charge in [-0.3, -0.25) is 9.59 Å². The normalized spacial score (nSPS) is 17.3. The number of Topliss-reactive ketones (excluding diaryl/α,β-unsaturated/α-hetero) is 1. The first-order valence-corrected chi connectivity index (χ1v) is 7.46. The van der Waals surface area contributed by atoms with Crippen LogP contribution in [-0.2, 0) is 37.2 Å². The summed E-state index contributed by atoms with van der Waals surface area (Å²) in [6.45, 7) is 6.10. The molecule has 2 heterocycles. The van der Waals surface area contributed by atoms with Gasteiger partial charge in [0, 0.05) is 41.1 Å². The topological polar surface area (TPSA) is 69.6 Å². The van der Waals surface area contributed by atoms with E-state index in [4.69, 9.17) is 0 Å². The van der Waals surface area contributed by atoms with Gasteiger partial charge in [-0.15, -0.1) is 0 Å². The predicted molar refractivity (Wildman–Crippen MR) is 86.1 cm³/mol. The van der Waals surface area contributed by atoms with Crippen LogP contribution in [0, 0.1) is 0 Å². The van der Waals surface area contributed by atoms with E-state index < -0.39 is 0 Å². The van der Waals surface area contributed by atoms with Crippen molar-refractivity contribution < 1.29 is 35.8 Å². The van der Waals surface area contributed by atoms with Crippen molar-refractivity contribution in [1.82, 2.24) is 10.2 Å². The van der Waals surface area contributed by atoms with Crippen molar-refractivity contribution in [3.8, 4) is 0 Å². The Kier molecular flexibility index (Phi) is 5.45. The molecule has 0 saturated carbocycles. The van der Waals surface area contributed by atoms with Crippen LogP contribution in [0.15, 0.2) is 65.2 Å². The molecule has 2 aliphatic heterocycles. The van der Waals surface area contributed by atoms with Crippen molar-refractivity contribution in [3.05, 3.63) is 70.8 Å². The van der Waals surface area contributed by atoms with Gasteiger partial charge >= 0.3 is 0 Å². The Labute approximate surface area is 155 Å². The number of nitrogens with zero attached hydrogens (tertiary/aromatic N) is 1. The Hall–Kier alpha value is -2.13. The molecule has 5 nitrogen and oxygen atoms in total. The molecule has 1 aromatic rings. The van der Waals surface area contributed by atoms with Crippen LogP contribution in [-0.4, -0.2) is 28.2 Å². The molecule has 1 aromatic carbocycles. The summed E-state index contributed by atoms with van der Waals surface area (Å²) in [5.41, 5.74) is 2.34. The summed E-state index contributed by atoms with van der Waals surface area (Å²) in [6, 6.07) is 9.68. The van der Waals surface area contributed by atoms with E-state index in [-0.39, 0.29) is 49.8 Å². The predicted octanol–water partition coefficient (Wildman–Crippen LogP) is 2.19. The van der Waals surface area contributed by atoms with E-state index in [1.165, 1.54) is 6.92 Å². The van der Waals surface area contributed by atoms with Gasteiger partial charge in [0.05, 0.1) is 17.0 Å². The molecule has 1 amide bonds. The van der Waals surface area contributed by atoms with E-state index in [1.54, 1.807) is 4.90 Å². The van der Waals surface area contributed by atoms with Crippen LogP contribution in [0.1, 0.15) is 18.9 Å². The molecule has 124 valence electrons. The summed E-state index contributed by atoms with van der Waals surface area (Å²) in [7, 11) is 0. The van der Waals surface area contributed by atoms with E-state index >= 15 is 0 Å². The number of aliphatic hydroxyl groups is 1. The minimum Gasteiger partial charge on any atom is -0.505 e. The minimum atomic E-state index is -0.269. The number of amides is 1. The summed E-state index contributed by atoms with van der Waals surface area (Å²) < 4.78 is 0. The summed E-state index contributed by atoms with van der Waals surface area (Å²) in [4.78, 5) is 26.3. The number of ketones is 1. The first-order chi connectivity index (χ1) is 11.0. The van der Waals surface area contributed by atoms with Gasteiger partial charge in [0.25, 0.3) is 5.91 Å². The van der Waals surface area contributed by atoms with Gasteiger partial charge in [-0.25, -0.2) is 0 Å². The van der Waals surface area contributed by atoms with Gasteiger partial charge in [-0.05, 0) is 17.6 Å². The van der Waals surface area contributed by atoms with Crippen molar-refractivity contribution >= 4 is 11.7 Å². The Morgan fingerprint density at radius 1 is 1.33 bits per heavy atom. The average Bonchev–Trinajstić information content (AvgIpc) is 2.53. The van der Waals surface area contributed by atoms with Crippen molar-refractivity contribution in [2.75, 3.05) is 6.54 Å². The maximum atomic E-state index is 12.8. The van der Waals surface area contributed by atoms with Gasteiger partial charge in [0.15, 0.2) is 11.5 Å².